The number of ether oxygens (including phenoxy) is 2. The Morgan fingerprint density at radius 3 is 1.19 bits per heavy atom. The summed E-state index contributed by atoms with van der Waals surface area (Å²) in [6.45, 7) is -0.640. The van der Waals surface area contributed by atoms with Gasteiger partial charge in [-0.05, 0) is 24.3 Å². The third-order valence-corrected chi connectivity index (χ3v) is 16.8. The number of rotatable bonds is 10. The molecule has 364 valence electrons. The summed E-state index contributed by atoms with van der Waals surface area (Å²) in [5.74, 6) is -22.5. The first-order valence-electron chi connectivity index (χ1n) is 19.2. The molecule has 2 aromatic heterocycles. The maximum absolute atomic E-state index is 14.1. The van der Waals surface area contributed by atoms with Crippen LogP contribution >= 0.6 is 45.9 Å². The predicted octanol–water partition coefficient (Wildman–Crippen LogP) is 9.36. The first kappa shape index (κ1) is 50.9. The van der Waals surface area contributed by atoms with Crippen molar-refractivity contribution in [2.24, 2.45) is 0 Å². The Morgan fingerprint density at radius 1 is 0.485 bits per heavy atom. The number of benzene rings is 4. The van der Waals surface area contributed by atoms with E-state index in [4.69, 9.17) is 32.7 Å². The van der Waals surface area contributed by atoms with Gasteiger partial charge in [0.2, 0.25) is 31.7 Å². The van der Waals surface area contributed by atoms with Gasteiger partial charge in [-0.1, -0.05) is 29.3 Å². The molecule has 2 aliphatic heterocycles. The maximum Gasteiger partial charge on any atom is 0.249 e. The van der Waals surface area contributed by atoms with Gasteiger partial charge in [0, 0.05) is 80.3 Å². The Morgan fingerprint density at radius 2 is 0.838 bits per heavy atom. The van der Waals surface area contributed by atoms with Crippen molar-refractivity contribution in [3.05, 3.63) is 115 Å². The number of nitrogens with zero attached hydrogens (tertiary/aromatic N) is 6. The molecule has 0 spiro atoms. The average Bonchev–Trinajstić information content (AvgIpc) is 4.04. The molecular formula is C40H30Cl2F10N6O6S4. The molecule has 0 atom stereocenters. The Hall–Kier alpha value is -4.96. The third kappa shape index (κ3) is 9.77. The summed E-state index contributed by atoms with van der Waals surface area (Å²) in [5.41, 5.74) is 2.69. The van der Waals surface area contributed by atoms with Gasteiger partial charge in [-0.25, -0.2) is 70.7 Å². The van der Waals surface area contributed by atoms with Crippen molar-refractivity contribution in [3.8, 4) is 34.0 Å². The van der Waals surface area contributed by atoms with Gasteiger partial charge in [0.1, 0.15) is 11.5 Å². The van der Waals surface area contributed by atoms with Crippen molar-refractivity contribution in [2.45, 2.75) is 9.79 Å². The maximum atomic E-state index is 14.1. The Balaban J connectivity index is 0.000000202. The lowest BCUT2D eigenvalue weighted by Gasteiger charge is -2.33. The number of thiazole rings is 2. The molecule has 2 fully saturated rings. The zero-order valence-electron chi connectivity index (χ0n) is 34.6. The van der Waals surface area contributed by atoms with E-state index in [1.165, 1.54) is 36.9 Å². The summed E-state index contributed by atoms with van der Waals surface area (Å²) in [6, 6.07) is 10.3. The number of aromatic nitrogens is 2. The topological polar surface area (TPSA) is 125 Å². The molecule has 4 heterocycles. The normalized spacial score (nSPS) is 15.1. The highest BCUT2D eigenvalue weighted by atomic mass is 35.5. The van der Waals surface area contributed by atoms with E-state index in [1.54, 1.807) is 57.0 Å². The highest BCUT2D eigenvalue weighted by Gasteiger charge is 2.40. The molecule has 4 aromatic carbocycles. The molecule has 28 heteroatoms. The van der Waals surface area contributed by atoms with E-state index in [0.29, 0.717) is 51.8 Å². The third-order valence-electron chi connectivity index (χ3n) is 10.4. The standard InChI is InChI=1S/C21H18F5N3O4S2.C19H12Cl2F5N3O2S2/c1-32-12-7-11(8-13(9-12)33-2)14-10-34-21(27-14)28-3-5-29(6-4-28)35(30,31)20-18(25)16(23)15(22)17(24)19(20)26;20-10-2-1-9(7-11(10)21)12-8-32-19(27-12)28-3-5-29(6-4-28)33(30,31)18-16(25)14(23)13(22)15(24)17(18)26/h7-10H,3-6H2,1-2H3;1-2,7-8H,3-6H2. The van der Waals surface area contributed by atoms with Gasteiger partial charge in [-0.15, -0.1) is 22.7 Å². The monoisotopic (exact) mass is 1080 g/mol. The fourth-order valence-corrected chi connectivity index (χ4v) is 12.0. The average molecular weight is 1080 g/mol. The number of hydrogen-bond donors (Lipinski definition) is 0. The number of anilines is 2. The molecule has 0 unspecified atom stereocenters. The van der Waals surface area contributed by atoms with Gasteiger partial charge in [0.15, 0.2) is 66.6 Å². The predicted molar refractivity (Wildman–Crippen MR) is 233 cm³/mol. The largest absolute Gasteiger partial charge is 0.497 e. The molecule has 2 saturated heterocycles. The first-order chi connectivity index (χ1) is 32.1. The van der Waals surface area contributed by atoms with E-state index in [2.05, 4.69) is 9.97 Å². The Kier molecular flexibility index (Phi) is 15.1. The van der Waals surface area contributed by atoms with Crippen molar-refractivity contribution in [2.75, 3.05) is 76.4 Å². The van der Waals surface area contributed by atoms with Gasteiger partial charge in [0.25, 0.3) is 0 Å². The van der Waals surface area contributed by atoms with Gasteiger partial charge in [-0.3, -0.25) is 0 Å². The molecule has 0 aliphatic carbocycles. The highest BCUT2D eigenvalue weighted by Crippen LogP contribution is 2.36. The minimum absolute atomic E-state index is 0.0863. The molecule has 0 amide bonds. The zero-order chi connectivity index (χ0) is 49.6. The van der Waals surface area contributed by atoms with Crippen LogP contribution in [0.5, 0.6) is 11.5 Å². The summed E-state index contributed by atoms with van der Waals surface area (Å²) in [6.07, 6.45) is 0. The van der Waals surface area contributed by atoms with Crippen molar-refractivity contribution in [1.29, 1.82) is 0 Å². The molecule has 12 nitrogen and oxygen atoms in total. The fraction of sp³-hybridized carbons (Fsp3) is 0.250. The smallest absolute Gasteiger partial charge is 0.249 e. The van der Waals surface area contributed by atoms with Gasteiger partial charge in [-0.2, -0.15) is 8.61 Å². The minimum atomic E-state index is -4.98. The molecule has 0 bridgehead atoms. The van der Waals surface area contributed by atoms with Crippen LogP contribution in [0.4, 0.5) is 54.2 Å². The summed E-state index contributed by atoms with van der Waals surface area (Å²) < 4.78 is 200. The minimum Gasteiger partial charge on any atom is -0.497 e. The second-order valence-electron chi connectivity index (χ2n) is 14.3. The summed E-state index contributed by atoms with van der Waals surface area (Å²) in [5, 5.41) is 5.44. The van der Waals surface area contributed by atoms with Crippen molar-refractivity contribution >= 4 is 76.2 Å². The first-order valence-corrected chi connectivity index (χ1v) is 24.6. The van der Waals surface area contributed by atoms with E-state index in [9.17, 15) is 60.7 Å². The second-order valence-corrected chi connectivity index (χ2v) is 20.6. The Labute approximate surface area is 398 Å². The summed E-state index contributed by atoms with van der Waals surface area (Å²) in [4.78, 5) is 8.85. The number of hydrogen-bond acceptors (Lipinski definition) is 12. The molecule has 0 radical (unpaired) electrons. The second kappa shape index (κ2) is 20.2. The molecule has 0 N–H and O–H groups in total. The van der Waals surface area contributed by atoms with Gasteiger partial charge < -0.3 is 19.3 Å². The quantitative estimate of drug-likeness (QED) is 0.0745. The van der Waals surface area contributed by atoms with Crippen LogP contribution < -0.4 is 19.3 Å². The van der Waals surface area contributed by atoms with Crippen LogP contribution in [0.2, 0.25) is 10.0 Å². The van der Waals surface area contributed by atoms with E-state index in [-0.39, 0.29) is 52.4 Å². The lowest BCUT2D eigenvalue weighted by Crippen LogP contribution is -2.49. The molecule has 2 aliphatic rings. The molecule has 6 aromatic rings. The van der Waals surface area contributed by atoms with Crippen LogP contribution in [0.25, 0.3) is 22.5 Å². The number of halogens is 12. The molecular weight excluding hydrogens is 1050 g/mol. The Bertz CT molecular complexity index is 3060. The van der Waals surface area contributed by atoms with Crippen molar-refractivity contribution in [3.63, 3.8) is 0 Å². The SMILES string of the molecule is COc1cc(OC)cc(-c2csc(N3CCN(S(=O)(=O)c4c(F)c(F)c(F)c(F)c4F)CC3)n2)c1.O=S(=O)(c1c(F)c(F)c(F)c(F)c1F)N1CCN(c2nc(-c3ccc(Cl)c(Cl)c3)cs2)CC1. The number of methoxy groups -OCH3 is 2. The van der Waals surface area contributed by atoms with Crippen LogP contribution in [-0.4, -0.2) is 102 Å². The number of piperazine rings is 2. The van der Waals surface area contributed by atoms with Crippen LogP contribution in [0.15, 0.2) is 56.9 Å². The molecule has 68 heavy (non-hydrogen) atoms. The van der Waals surface area contributed by atoms with Crippen LogP contribution in [0.1, 0.15) is 0 Å². The fourth-order valence-electron chi connectivity index (χ4n) is 6.82. The van der Waals surface area contributed by atoms with Gasteiger partial charge >= 0.3 is 0 Å². The van der Waals surface area contributed by atoms with E-state index in [1.807, 2.05) is 0 Å². The van der Waals surface area contributed by atoms with Crippen LogP contribution in [0.3, 0.4) is 0 Å². The molecule has 8 rings (SSSR count). The molecule has 0 saturated carbocycles. The van der Waals surface area contributed by atoms with Crippen LogP contribution in [-0.2, 0) is 20.0 Å². The number of sulfonamides is 2. The van der Waals surface area contributed by atoms with Crippen LogP contribution in [0, 0.1) is 58.2 Å². The van der Waals surface area contributed by atoms with E-state index in [0.717, 1.165) is 11.1 Å². The van der Waals surface area contributed by atoms with Crippen molar-refractivity contribution in [1.82, 2.24) is 18.6 Å². The van der Waals surface area contributed by atoms with Gasteiger partial charge in [0.05, 0.1) is 35.7 Å². The zero-order valence-corrected chi connectivity index (χ0v) is 39.4. The van der Waals surface area contributed by atoms with E-state index < -0.39 is 88.0 Å². The summed E-state index contributed by atoms with van der Waals surface area (Å²) >= 11 is 14.5. The summed E-state index contributed by atoms with van der Waals surface area (Å²) in [7, 11) is -6.91. The highest BCUT2D eigenvalue weighted by molar-refractivity contribution is 7.89. The van der Waals surface area contributed by atoms with E-state index >= 15 is 0 Å². The van der Waals surface area contributed by atoms with Crippen molar-refractivity contribution < 1.29 is 70.2 Å². The lowest BCUT2D eigenvalue weighted by atomic mass is 10.1. The lowest BCUT2D eigenvalue weighted by molar-refractivity contribution is 0.344.